The van der Waals surface area contributed by atoms with Crippen molar-refractivity contribution in [1.82, 2.24) is 9.88 Å². The van der Waals surface area contributed by atoms with Crippen molar-refractivity contribution in [3.63, 3.8) is 0 Å². The van der Waals surface area contributed by atoms with Gasteiger partial charge in [0.15, 0.2) is 0 Å². The van der Waals surface area contributed by atoms with Gasteiger partial charge in [0, 0.05) is 38.1 Å². The molecule has 1 aromatic carbocycles. The molecule has 0 saturated carbocycles. The molecule has 0 radical (unpaired) electrons. The summed E-state index contributed by atoms with van der Waals surface area (Å²) >= 11 is 0. The number of hydrogen-bond donors (Lipinski definition) is 0. The summed E-state index contributed by atoms with van der Waals surface area (Å²) < 4.78 is 5.32. The largest absolute Gasteiger partial charge is 0.495 e. The highest BCUT2D eigenvalue weighted by molar-refractivity contribution is 5.80. The van der Waals surface area contributed by atoms with Gasteiger partial charge in [0.2, 0.25) is 5.91 Å². The Bertz CT molecular complexity index is 732. The van der Waals surface area contributed by atoms with Gasteiger partial charge in [-0.25, -0.2) is 0 Å². The number of fused-ring (bicyclic) bond motifs is 1. The second-order valence-electron chi connectivity index (χ2n) is 6.21. The molecule has 0 fully saturated rings. The predicted molar refractivity (Wildman–Crippen MR) is 94.2 cm³/mol. The number of anilines is 1. The van der Waals surface area contributed by atoms with Gasteiger partial charge in [0.05, 0.1) is 19.2 Å². The maximum absolute atomic E-state index is 12.9. The molecule has 0 aliphatic carbocycles. The number of hydrogen-bond acceptors (Lipinski definition) is 4. The van der Waals surface area contributed by atoms with Crippen LogP contribution in [0.2, 0.25) is 0 Å². The third-order valence-electron chi connectivity index (χ3n) is 4.52. The van der Waals surface area contributed by atoms with Gasteiger partial charge in [-0.2, -0.15) is 0 Å². The first-order chi connectivity index (χ1) is 11.6. The number of amides is 1. The number of pyridine rings is 1. The predicted octanol–water partition coefficient (Wildman–Crippen LogP) is 2.50. The Labute approximate surface area is 142 Å². The number of likely N-dealkylation sites (N-methyl/N-ethyl adjacent to an activating group) is 1. The van der Waals surface area contributed by atoms with Crippen LogP contribution in [0.3, 0.4) is 0 Å². The molecule has 5 nitrogen and oxygen atoms in total. The summed E-state index contributed by atoms with van der Waals surface area (Å²) in [5, 5.41) is 0. The number of carbonyl (C=O) groups excluding carboxylic acids is 1. The number of para-hydroxylation sites is 1. The molecule has 1 amide bonds. The SMILES string of the molecule is COc1cccnc1CC(=O)N1Cc2ccccc2N(C)C[C@@H]1C. The van der Waals surface area contributed by atoms with Crippen LogP contribution in [0.25, 0.3) is 0 Å². The molecule has 3 rings (SSSR count). The van der Waals surface area contributed by atoms with E-state index in [1.807, 2.05) is 29.2 Å². The van der Waals surface area contributed by atoms with Gasteiger partial charge < -0.3 is 14.5 Å². The molecule has 2 aromatic rings. The molecule has 5 heteroatoms. The molecule has 1 atom stereocenters. The molecule has 0 bridgehead atoms. The van der Waals surface area contributed by atoms with Crippen molar-refractivity contribution in [1.29, 1.82) is 0 Å². The average molecular weight is 325 g/mol. The smallest absolute Gasteiger partial charge is 0.229 e. The normalized spacial score (nSPS) is 17.2. The van der Waals surface area contributed by atoms with Crippen LogP contribution < -0.4 is 9.64 Å². The van der Waals surface area contributed by atoms with E-state index in [2.05, 4.69) is 36.0 Å². The summed E-state index contributed by atoms with van der Waals surface area (Å²) in [6, 6.07) is 12.0. The number of benzene rings is 1. The highest BCUT2D eigenvalue weighted by atomic mass is 16.5. The van der Waals surface area contributed by atoms with Crippen LogP contribution in [0.1, 0.15) is 18.2 Å². The Morgan fingerprint density at radius 3 is 2.88 bits per heavy atom. The van der Waals surface area contributed by atoms with Gasteiger partial charge in [0.1, 0.15) is 5.75 Å². The molecule has 0 spiro atoms. The zero-order valence-electron chi connectivity index (χ0n) is 14.4. The van der Waals surface area contributed by atoms with Crippen LogP contribution in [-0.4, -0.2) is 42.5 Å². The quantitative estimate of drug-likeness (QED) is 0.870. The molecular weight excluding hydrogens is 302 g/mol. The summed E-state index contributed by atoms with van der Waals surface area (Å²) in [5.74, 6) is 0.732. The molecule has 2 heterocycles. The van der Waals surface area contributed by atoms with E-state index in [1.165, 1.54) is 11.3 Å². The molecule has 0 unspecified atom stereocenters. The van der Waals surface area contributed by atoms with E-state index in [4.69, 9.17) is 4.74 Å². The first-order valence-corrected chi connectivity index (χ1v) is 8.16. The standard InChI is InChI=1S/C19H23N3O2/c1-14-12-21(2)17-8-5-4-7-15(17)13-22(14)19(23)11-16-18(24-3)9-6-10-20-16/h4-10,14H,11-13H2,1-3H3/t14-/m0/s1. The van der Waals surface area contributed by atoms with Crippen LogP contribution >= 0.6 is 0 Å². The summed E-state index contributed by atoms with van der Waals surface area (Å²) in [5.41, 5.74) is 3.05. The fourth-order valence-corrected chi connectivity index (χ4v) is 3.27. The van der Waals surface area contributed by atoms with Gasteiger partial charge in [0.25, 0.3) is 0 Å². The second-order valence-corrected chi connectivity index (χ2v) is 6.21. The molecule has 126 valence electrons. The van der Waals surface area contributed by atoms with Crippen molar-refractivity contribution < 1.29 is 9.53 Å². The minimum Gasteiger partial charge on any atom is -0.495 e. The summed E-state index contributed by atoms with van der Waals surface area (Å²) in [7, 11) is 3.68. The molecule has 0 N–H and O–H groups in total. The first kappa shape index (κ1) is 16.3. The monoisotopic (exact) mass is 325 g/mol. The Morgan fingerprint density at radius 2 is 2.08 bits per heavy atom. The van der Waals surface area contributed by atoms with Crippen molar-refractivity contribution in [2.75, 3.05) is 25.6 Å². The van der Waals surface area contributed by atoms with Crippen LogP contribution in [0.4, 0.5) is 5.69 Å². The average Bonchev–Trinajstić information content (AvgIpc) is 2.72. The number of nitrogens with zero attached hydrogens (tertiary/aromatic N) is 3. The van der Waals surface area contributed by atoms with E-state index in [1.54, 1.807) is 13.3 Å². The fourth-order valence-electron chi connectivity index (χ4n) is 3.27. The maximum Gasteiger partial charge on any atom is 0.229 e. The minimum absolute atomic E-state index is 0.0737. The lowest BCUT2D eigenvalue weighted by molar-refractivity contribution is -0.132. The van der Waals surface area contributed by atoms with E-state index in [0.29, 0.717) is 18.0 Å². The highest BCUT2D eigenvalue weighted by Gasteiger charge is 2.27. The molecule has 0 saturated heterocycles. The molecule has 1 aromatic heterocycles. The lowest BCUT2D eigenvalue weighted by Crippen LogP contribution is -2.42. The van der Waals surface area contributed by atoms with Gasteiger partial charge in [-0.15, -0.1) is 0 Å². The van der Waals surface area contributed by atoms with Crippen LogP contribution in [0.15, 0.2) is 42.6 Å². The lowest BCUT2D eigenvalue weighted by Gasteiger charge is -2.28. The zero-order valence-corrected chi connectivity index (χ0v) is 14.4. The lowest BCUT2D eigenvalue weighted by atomic mass is 10.1. The van der Waals surface area contributed by atoms with Crippen molar-refractivity contribution >= 4 is 11.6 Å². The van der Waals surface area contributed by atoms with Crippen molar-refractivity contribution in [2.45, 2.75) is 25.9 Å². The van der Waals surface area contributed by atoms with E-state index in [-0.39, 0.29) is 18.4 Å². The molecular formula is C19H23N3O2. The maximum atomic E-state index is 12.9. The zero-order chi connectivity index (χ0) is 17.1. The second kappa shape index (κ2) is 6.91. The number of ether oxygens (including phenoxy) is 1. The van der Waals surface area contributed by atoms with E-state index >= 15 is 0 Å². The van der Waals surface area contributed by atoms with Crippen molar-refractivity contribution in [2.24, 2.45) is 0 Å². The summed E-state index contributed by atoms with van der Waals surface area (Å²) in [6.07, 6.45) is 1.94. The Hall–Kier alpha value is -2.56. The van der Waals surface area contributed by atoms with Gasteiger partial charge in [-0.05, 0) is 30.7 Å². The first-order valence-electron chi connectivity index (χ1n) is 8.16. The molecule has 24 heavy (non-hydrogen) atoms. The summed E-state index contributed by atoms with van der Waals surface area (Å²) in [4.78, 5) is 21.4. The Morgan fingerprint density at radius 1 is 1.29 bits per heavy atom. The fraction of sp³-hybridized carbons (Fsp3) is 0.368. The van der Waals surface area contributed by atoms with Crippen LogP contribution in [0, 0.1) is 0 Å². The minimum atomic E-state index is 0.0737. The third kappa shape index (κ3) is 3.20. The Kier molecular flexibility index (Phi) is 4.69. The van der Waals surface area contributed by atoms with Crippen LogP contribution in [-0.2, 0) is 17.8 Å². The molecule has 1 aliphatic rings. The number of carbonyl (C=O) groups is 1. The Balaban J connectivity index is 1.84. The van der Waals surface area contributed by atoms with Crippen molar-refractivity contribution in [3.8, 4) is 5.75 Å². The van der Waals surface area contributed by atoms with Gasteiger partial charge in [-0.1, -0.05) is 18.2 Å². The van der Waals surface area contributed by atoms with Gasteiger partial charge >= 0.3 is 0 Å². The molecule has 1 aliphatic heterocycles. The highest BCUT2D eigenvalue weighted by Crippen LogP contribution is 2.27. The van der Waals surface area contributed by atoms with E-state index < -0.39 is 0 Å². The van der Waals surface area contributed by atoms with Crippen molar-refractivity contribution in [3.05, 3.63) is 53.9 Å². The van der Waals surface area contributed by atoms with E-state index in [0.717, 1.165) is 6.54 Å². The van der Waals surface area contributed by atoms with Crippen LogP contribution in [0.5, 0.6) is 5.75 Å². The number of methoxy groups -OCH3 is 1. The van der Waals surface area contributed by atoms with Gasteiger partial charge in [-0.3, -0.25) is 9.78 Å². The third-order valence-corrected chi connectivity index (χ3v) is 4.52. The topological polar surface area (TPSA) is 45.7 Å². The van der Waals surface area contributed by atoms with E-state index in [9.17, 15) is 4.79 Å². The summed E-state index contributed by atoms with van der Waals surface area (Å²) in [6.45, 7) is 3.52. The number of aromatic nitrogens is 1. The number of rotatable bonds is 3.